The van der Waals surface area contributed by atoms with Crippen molar-refractivity contribution in [2.75, 3.05) is 13.7 Å². The highest BCUT2D eigenvalue weighted by Gasteiger charge is 2.54. The van der Waals surface area contributed by atoms with Crippen LogP contribution in [-0.2, 0) is 23.7 Å². The molecule has 2 aliphatic heterocycles. The zero-order valence-electron chi connectivity index (χ0n) is 9.98. The third-order valence-corrected chi connectivity index (χ3v) is 3.15. The van der Waals surface area contributed by atoms with Crippen molar-refractivity contribution in [2.24, 2.45) is 0 Å². The van der Waals surface area contributed by atoms with Crippen molar-refractivity contribution in [2.45, 2.75) is 43.4 Å². The zero-order chi connectivity index (χ0) is 13.5. The van der Waals surface area contributed by atoms with Gasteiger partial charge >= 0.3 is 5.97 Å². The van der Waals surface area contributed by atoms with E-state index in [1.165, 1.54) is 14.0 Å². The van der Waals surface area contributed by atoms with Crippen LogP contribution in [-0.4, -0.2) is 71.5 Å². The summed E-state index contributed by atoms with van der Waals surface area (Å²) >= 11 is 0. The van der Waals surface area contributed by atoms with Gasteiger partial charge in [-0.15, -0.1) is 0 Å². The fraction of sp³-hybridized carbons (Fsp3) is 0.900. The van der Waals surface area contributed by atoms with Gasteiger partial charge in [0.1, 0.15) is 24.4 Å². The standard InChI is InChI=1S/C10H16O8/c1-10(9(13)14)16-3-4-7(18-10)5(11)6(12)8(15-2)17-4/h4-8,11-12H,3H2,1-2H3,(H,13,14)/t4-,5-,6-,7+,8-,10-/m1/s1. The van der Waals surface area contributed by atoms with Gasteiger partial charge in [-0.1, -0.05) is 0 Å². The first-order valence-corrected chi connectivity index (χ1v) is 5.48. The van der Waals surface area contributed by atoms with E-state index in [2.05, 4.69) is 0 Å². The minimum absolute atomic E-state index is 0.0723. The van der Waals surface area contributed by atoms with E-state index in [-0.39, 0.29) is 6.61 Å². The topological polar surface area (TPSA) is 115 Å². The smallest absolute Gasteiger partial charge is 0.364 e. The van der Waals surface area contributed by atoms with E-state index in [1.54, 1.807) is 0 Å². The molecule has 0 radical (unpaired) electrons. The first kappa shape index (κ1) is 13.7. The molecule has 8 nitrogen and oxygen atoms in total. The number of aliphatic carboxylic acids is 1. The molecular formula is C10H16O8. The molecule has 0 spiro atoms. The van der Waals surface area contributed by atoms with Crippen molar-refractivity contribution in [3.05, 3.63) is 0 Å². The molecule has 0 aromatic heterocycles. The number of carboxylic acids is 1. The van der Waals surface area contributed by atoms with Gasteiger partial charge in [0.2, 0.25) is 0 Å². The van der Waals surface area contributed by atoms with Gasteiger partial charge in [0.05, 0.1) is 6.61 Å². The number of rotatable bonds is 2. The lowest BCUT2D eigenvalue weighted by Gasteiger charge is -2.47. The summed E-state index contributed by atoms with van der Waals surface area (Å²) in [7, 11) is 1.33. The van der Waals surface area contributed by atoms with Gasteiger partial charge in [0.15, 0.2) is 6.29 Å². The maximum absolute atomic E-state index is 11.0. The lowest BCUT2D eigenvalue weighted by atomic mass is 9.97. The molecule has 0 amide bonds. The summed E-state index contributed by atoms with van der Waals surface area (Å²) in [5.74, 6) is -3.16. The molecule has 2 saturated heterocycles. The molecule has 0 aliphatic carbocycles. The van der Waals surface area contributed by atoms with E-state index < -0.39 is 42.5 Å². The maximum Gasteiger partial charge on any atom is 0.364 e. The average molecular weight is 264 g/mol. The normalized spacial score (nSPS) is 48.6. The number of aliphatic hydroxyl groups excluding tert-OH is 2. The molecule has 18 heavy (non-hydrogen) atoms. The average Bonchev–Trinajstić information content (AvgIpc) is 2.34. The van der Waals surface area contributed by atoms with Gasteiger partial charge in [-0.3, -0.25) is 0 Å². The Morgan fingerprint density at radius 2 is 2.06 bits per heavy atom. The SMILES string of the molecule is CO[C@@H]1O[C@@H]2CO[C@@](C)(C(=O)O)O[C@@H]2[C@H](O)[C@H]1O. The van der Waals surface area contributed by atoms with Crippen molar-refractivity contribution in [3.63, 3.8) is 0 Å². The molecule has 0 aromatic carbocycles. The molecule has 6 atom stereocenters. The summed E-state index contributed by atoms with van der Waals surface area (Å²) in [6.07, 6.45) is -5.30. The van der Waals surface area contributed by atoms with Crippen LogP contribution in [0, 0.1) is 0 Å². The Labute approximate surface area is 103 Å². The molecule has 8 heteroatoms. The van der Waals surface area contributed by atoms with Crippen LogP contribution in [0.4, 0.5) is 0 Å². The zero-order valence-corrected chi connectivity index (χ0v) is 9.98. The lowest BCUT2D eigenvalue weighted by Crippen LogP contribution is -2.66. The molecule has 2 fully saturated rings. The van der Waals surface area contributed by atoms with Crippen LogP contribution < -0.4 is 0 Å². The molecule has 0 aromatic rings. The first-order chi connectivity index (χ1) is 8.39. The highest BCUT2D eigenvalue weighted by Crippen LogP contribution is 2.32. The minimum atomic E-state index is -1.86. The number of carboxylic acid groups (broad SMARTS) is 1. The van der Waals surface area contributed by atoms with Crippen LogP contribution >= 0.6 is 0 Å². The fourth-order valence-corrected chi connectivity index (χ4v) is 2.03. The summed E-state index contributed by atoms with van der Waals surface area (Å²) < 4.78 is 20.5. The molecule has 2 heterocycles. The number of ether oxygens (including phenoxy) is 4. The second-order valence-corrected chi connectivity index (χ2v) is 4.40. The van der Waals surface area contributed by atoms with Gasteiger partial charge in [-0.2, -0.15) is 0 Å². The largest absolute Gasteiger partial charge is 0.477 e. The minimum Gasteiger partial charge on any atom is -0.477 e. The third kappa shape index (κ3) is 2.11. The van der Waals surface area contributed by atoms with Crippen molar-refractivity contribution in [1.82, 2.24) is 0 Å². The molecule has 104 valence electrons. The Hall–Kier alpha value is -0.770. The number of carbonyl (C=O) groups is 1. The maximum atomic E-state index is 11.0. The van der Waals surface area contributed by atoms with Gasteiger partial charge in [-0.25, -0.2) is 4.79 Å². The molecular weight excluding hydrogens is 248 g/mol. The van der Waals surface area contributed by atoms with E-state index in [9.17, 15) is 15.0 Å². The van der Waals surface area contributed by atoms with E-state index >= 15 is 0 Å². The second-order valence-electron chi connectivity index (χ2n) is 4.40. The Kier molecular flexibility index (Phi) is 3.58. The van der Waals surface area contributed by atoms with Crippen molar-refractivity contribution >= 4 is 5.97 Å². The predicted octanol–water partition coefficient (Wildman–Crippen LogP) is -1.70. The van der Waals surface area contributed by atoms with Gasteiger partial charge < -0.3 is 34.3 Å². The number of fused-ring (bicyclic) bond motifs is 1. The Morgan fingerprint density at radius 3 is 2.61 bits per heavy atom. The van der Waals surface area contributed by atoms with Gasteiger partial charge in [-0.05, 0) is 0 Å². The monoisotopic (exact) mass is 264 g/mol. The Balaban J connectivity index is 2.15. The van der Waals surface area contributed by atoms with E-state index in [4.69, 9.17) is 24.1 Å². The number of hydrogen-bond acceptors (Lipinski definition) is 7. The van der Waals surface area contributed by atoms with Gasteiger partial charge in [0, 0.05) is 14.0 Å². The van der Waals surface area contributed by atoms with Crippen LogP contribution in [0.15, 0.2) is 0 Å². The van der Waals surface area contributed by atoms with Crippen LogP contribution in [0.1, 0.15) is 6.92 Å². The summed E-state index contributed by atoms with van der Waals surface area (Å²) in [4.78, 5) is 11.0. The third-order valence-electron chi connectivity index (χ3n) is 3.15. The Bertz CT molecular complexity index is 332. The van der Waals surface area contributed by atoms with E-state index in [0.717, 1.165) is 0 Å². The molecule has 2 aliphatic rings. The summed E-state index contributed by atoms with van der Waals surface area (Å²) in [5, 5.41) is 28.6. The molecule has 3 N–H and O–H groups in total. The fourth-order valence-electron chi connectivity index (χ4n) is 2.03. The molecule has 0 bridgehead atoms. The van der Waals surface area contributed by atoms with Crippen LogP contribution in [0.3, 0.4) is 0 Å². The van der Waals surface area contributed by atoms with Crippen molar-refractivity contribution in [1.29, 1.82) is 0 Å². The van der Waals surface area contributed by atoms with Crippen molar-refractivity contribution < 1.29 is 39.1 Å². The highest BCUT2D eigenvalue weighted by molar-refractivity contribution is 5.75. The highest BCUT2D eigenvalue weighted by atomic mass is 16.8. The second kappa shape index (κ2) is 4.72. The number of methoxy groups -OCH3 is 1. The molecule has 0 unspecified atom stereocenters. The quantitative estimate of drug-likeness (QED) is 0.540. The molecule has 0 saturated carbocycles. The van der Waals surface area contributed by atoms with Crippen molar-refractivity contribution in [3.8, 4) is 0 Å². The molecule has 2 rings (SSSR count). The first-order valence-electron chi connectivity index (χ1n) is 5.48. The summed E-state index contributed by atoms with van der Waals surface area (Å²) in [6, 6.07) is 0. The number of hydrogen-bond donors (Lipinski definition) is 3. The number of aliphatic hydroxyl groups is 2. The predicted molar refractivity (Wildman–Crippen MR) is 54.5 cm³/mol. The van der Waals surface area contributed by atoms with Gasteiger partial charge in [0.25, 0.3) is 5.79 Å². The van der Waals surface area contributed by atoms with Crippen LogP contribution in [0.2, 0.25) is 0 Å². The summed E-state index contributed by atoms with van der Waals surface area (Å²) in [5.41, 5.74) is 0. The Morgan fingerprint density at radius 1 is 1.39 bits per heavy atom. The lowest BCUT2D eigenvalue weighted by molar-refractivity contribution is -0.376. The van der Waals surface area contributed by atoms with Crippen LogP contribution in [0.25, 0.3) is 0 Å². The van der Waals surface area contributed by atoms with E-state index in [0.29, 0.717) is 0 Å². The summed E-state index contributed by atoms with van der Waals surface area (Å²) in [6.45, 7) is 1.16. The van der Waals surface area contributed by atoms with Crippen LogP contribution in [0.5, 0.6) is 0 Å². The van der Waals surface area contributed by atoms with E-state index in [1.807, 2.05) is 0 Å².